The summed E-state index contributed by atoms with van der Waals surface area (Å²) >= 11 is 2.67. The lowest BCUT2D eigenvalue weighted by atomic mass is 10.1. The number of thiophene rings is 1. The van der Waals surface area contributed by atoms with Gasteiger partial charge in [-0.2, -0.15) is 0 Å². The normalized spacial score (nSPS) is 11.8. The third-order valence-electron chi connectivity index (χ3n) is 4.74. The second kappa shape index (κ2) is 8.33. The average molecular weight is 438 g/mol. The fraction of sp³-hybridized carbons (Fsp3) is 0.136. The maximum atomic E-state index is 13.4. The summed E-state index contributed by atoms with van der Waals surface area (Å²) in [6, 6.07) is 16.8. The Balaban J connectivity index is 2.21. The van der Waals surface area contributed by atoms with E-state index in [0.717, 1.165) is 16.5 Å². The molecule has 2 aromatic carbocycles. The van der Waals surface area contributed by atoms with Crippen LogP contribution in [0.5, 0.6) is 0 Å². The number of methoxy groups -OCH3 is 1. The number of pyridine rings is 1. The monoisotopic (exact) mass is 437 g/mol. The first kappa shape index (κ1) is 20.2. The Morgan fingerprint density at radius 3 is 2.40 bits per heavy atom. The Morgan fingerprint density at radius 2 is 1.77 bits per heavy atom. The number of carbonyl (C=O) groups is 1. The Morgan fingerprint density at radius 1 is 1.10 bits per heavy atom. The molecule has 0 amide bonds. The van der Waals surface area contributed by atoms with E-state index in [1.165, 1.54) is 30.2 Å². The number of rotatable bonds is 3. The average Bonchev–Trinajstić information content (AvgIpc) is 3.16. The van der Waals surface area contributed by atoms with E-state index >= 15 is 0 Å². The van der Waals surface area contributed by atoms with E-state index in [9.17, 15) is 9.59 Å². The highest BCUT2D eigenvalue weighted by Gasteiger charge is 2.25. The van der Waals surface area contributed by atoms with Gasteiger partial charge in [0.1, 0.15) is 9.71 Å². The fourth-order valence-corrected chi connectivity index (χ4v) is 4.99. The molecule has 2 heterocycles. The van der Waals surface area contributed by atoms with Crippen molar-refractivity contribution in [1.82, 2.24) is 4.57 Å². The molecular weight excluding hydrogens is 418 g/mol. The summed E-state index contributed by atoms with van der Waals surface area (Å²) in [5.74, 6) is -0.466. The van der Waals surface area contributed by atoms with E-state index in [2.05, 4.69) is 10.3 Å². The van der Waals surface area contributed by atoms with Crippen molar-refractivity contribution in [2.75, 3.05) is 25.7 Å². The van der Waals surface area contributed by atoms with Crippen LogP contribution in [0.4, 0.5) is 5.69 Å². The van der Waals surface area contributed by atoms with Gasteiger partial charge in [-0.3, -0.25) is 14.4 Å². The van der Waals surface area contributed by atoms with Gasteiger partial charge in [-0.05, 0) is 29.8 Å². The van der Waals surface area contributed by atoms with Gasteiger partial charge in [0.25, 0.3) is 5.56 Å². The quantitative estimate of drug-likeness (QED) is 0.284. The molecule has 2 aromatic heterocycles. The number of ether oxygens (including phenoxy) is 1. The number of benzene rings is 2. The third kappa shape index (κ3) is 3.28. The number of thioether (sulfide) groups is 1. The molecule has 0 saturated heterocycles. The van der Waals surface area contributed by atoms with Gasteiger partial charge in [0.2, 0.25) is 0 Å². The maximum Gasteiger partial charge on any atom is 0.350 e. The molecular formula is C22H19N3O3S2. The molecule has 4 aromatic rings. The number of aliphatic imine (C=N–C) groups is 1. The molecule has 0 radical (unpaired) electrons. The fourth-order valence-electron chi connectivity index (χ4n) is 3.40. The van der Waals surface area contributed by atoms with Gasteiger partial charge in [-0.15, -0.1) is 11.3 Å². The van der Waals surface area contributed by atoms with Crippen LogP contribution in [0.3, 0.4) is 0 Å². The summed E-state index contributed by atoms with van der Waals surface area (Å²) in [6.45, 7) is 0. The van der Waals surface area contributed by atoms with Crippen molar-refractivity contribution in [3.8, 4) is 5.69 Å². The van der Waals surface area contributed by atoms with Crippen molar-refractivity contribution in [2.24, 2.45) is 4.99 Å². The number of anilines is 1. The van der Waals surface area contributed by atoms with Crippen molar-refractivity contribution in [2.45, 2.75) is 0 Å². The number of nitrogens with zero attached hydrogens (tertiary/aromatic N) is 2. The zero-order chi connectivity index (χ0) is 21.3. The molecule has 0 fully saturated rings. The van der Waals surface area contributed by atoms with Crippen LogP contribution >= 0.6 is 23.1 Å². The molecule has 0 unspecified atom stereocenters. The third-order valence-corrected chi connectivity index (χ3v) is 6.56. The van der Waals surface area contributed by atoms with E-state index in [0.29, 0.717) is 25.9 Å². The molecule has 0 aliphatic rings. The lowest BCUT2D eigenvalue weighted by Crippen LogP contribution is -2.18. The molecule has 0 atom stereocenters. The van der Waals surface area contributed by atoms with Crippen LogP contribution in [0.2, 0.25) is 0 Å². The largest absolute Gasteiger partial charge is 0.465 e. The highest BCUT2D eigenvalue weighted by Crippen LogP contribution is 2.41. The first-order valence-corrected chi connectivity index (χ1v) is 11.2. The van der Waals surface area contributed by atoms with Crippen LogP contribution in [0.15, 0.2) is 64.4 Å². The predicted octanol–water partition coefficient (Wildman–Crippen LogP) is 4.75. The van der Waals surface area contributed by atoms with Crippen LogP contribution < -0.4 is 10.9 Å². The molecule has 0 bridgehead atoms. The molecule has 0 aliphatic heterocycles. The van der Waals surface area contributed by atoms with Crippen LogP contribution in [0.1, 0.15) is 9.67 Å². The standard InChI is InChI=1S/C22H19N3O3S2/c1-23-22(29-3)24-17-16-14-11-7-8-12-15(14)19(26)25(13-9-5-4-6-10-13)20(16)30-18(17)21(27)28-2/h4-12H,1-3H3,(H,23,24). The van der Waals surface area contributed by atoms with Crippen molar-refractivity contribution in [1.29, 1.82) is 0 Å². The molecule has 152 valence electrons. The summed E-state index contributed by atoms with van der Waals surface area (Å²) in [4.78, 5) is 31.4. The summed E-state index contributed by atoms with van der Waals surface area (Å²) in [5.41, 5.74) is 1.19. The lowest BCUT2D eigenvalue weighted by molar-refractivity contribution is 0.0607. The number of amidine groups is 1. The molecule has 0 aliphatic carbocycles. The summed E-state index contributed by atoms with van der Waals surface area (Å²) < 4.78 is 6.70. The van der Waals surface area contributed by atoms with E-state index in [1.54, 1.807) is 17.7 Å². The second-order valence-corrected chi connectivity index (χ2v) is 8.15. The number of para-hydroxylation sites is 1. The van der Waals surface area contributed by atoms with Gasteiger partial charge in [0.15, 0.2) is 5.17 Å². The van der Waals surface area contributed by atoms with Crippen LogP contribution in [0.25, 0.3) is 26.7 Å². The smallest absolute Gasteiger partial charge is 0.350 e. The van der Waals surface area contributed by atoms with E-state index < -0.39 is 5.97 Å². The summed E-state index contributed by atoms with van der Waals surface area (Å²) in [5, 5.41) is 6.07. The minimum Gasteiger partial charge on any atom is -0.465 e. The number of carbonyl (C=O) groups excluding carboxylic acids is 1. The van der Waals surface area contributed by atoms with Gasteiger partial charge in [-0.25, -0.2) is 4.79 Å². The highest BCUT2D eigenvalue weighted by molar-refractivity contribution is 8.13. The maximum absolute atomic E-state index is 13.4. The van der Waals surface area contributed by atoms with Crippen molar-refractivity contribution >= 4 is 60.9 Å². The van der Waals surface area contributed by atoms with E-state index in [-0.39, 0.29) is 5.56 Å². The summed E-state index contributed by atoms with van der Waals surface area (Å²) in [6.07, 6.45) is 1.90. The minimum absolute atomic E-state index is 0.136. The van der Waals surface area contributed by atoms with Gasteiger partial charge in [0.05, 0.1) is 18.5 Å². The zero-order valence-electron chi connectivity index (χ0n) is 16.6. The number of nitrogens with one attached hydrogen (secondary N) is 1. The molecule has 1 N–H and O–H groups in total. The Bertz CT molecular complexity index is 1340. The van der Waals surface area contributed by atoms with Crippen LogP contribution in [-0.2, 0) is 4.74 Å². The predicted molar refractivity (Wildman–Crippen MR) is 127 cm³/mol. The number of hydrogen-bond acceptors (Lipinski definition) is 6. The van der Waals surface area contributed by atoms with Crippen LogP contribution in [0, 0.1) is 0 Å². The number of fused-ring (bicyclic) bond motifs is 3. The van der Waals surface area contributed by atoms with E-state index in [1.807, 2.05) is 54.8 Å². The highest BCUT2D eigenvalue weighted by atomic mass is 32.2. The molecule has 8 heteroatoms. The molecule has 0 saturated carbocycles. The SMILES string of the molecule is CN=C(Nc1c(C(=O)OC)sc2c1c1ccccc1c(=O)n2-c1ccccc1)SC. The Kier molecular flexibility index (Phi) is 5.61. The second-order valence-electron chi connectivity index (χ2n) is 6.36. The molecule has 6 nitrogen and oxygen atoms in total. The van der Waals surface area contributed by atoms with Crippen molar-refractivity contribution in [3.05, 3.63) is 69.8 Å². The first-order valence-electron chi connectivity index (χ1n) is 9.12. The Labute approximate surface area is 181 Å². The lowest BCUT2D eigenvalue weighted by Gasteiger charge is -2.12. The minimum atomic E-state index is -0.466. The van der Waals surface area contributed by atoms with Crippen molar-refractivity contribution < 1.29 is 9.53 Å². The first-order chi connectivity index (χ1) is 14.6. The Hall–Kier alpha value is -3.10. The van der Waals surface area contributed by atoms with Crippen molar-refractivity contribution in [3.63, 3.8) is 0 Å². The van der Waals surface area contributed by atoms with Gasteiger partial charge >= 0.3 is 5.97 Å². The van der Waals surface area contributed by atoms with Crippen LogP contribution in [-0.4, -0.2) is 36.1 Å². The molecule has 30 heavy (non-hydrogen) atoms. The van der Waals surface area contributed by atoms with Gasteiger partial charge < -0.3 is 10.1 Å². The number of aromatic nitrogens is 1. The molecule has 0 spiro atoms. The molecule has 4 rings (SSSR count). The number of hydrogen-bond donors (Lipinski definition) is 1. The topological polar surface area (TPSA) is 72.7 Å². The summed E-state index contributed by atoms with van der Waals surface area (Å²) in [7, 11) is 3.03. The zero-order valence-corrected chi connectivity index (χ0v) is 18.3. The van der Waals surface area contributed by atoms with E-state index in [4.69, 9.17) is 4.74 Å². The van der Waals surface area contributed by atoms with Gasteiger partial charge in [-0.1, -0.05) is 48.2 Å². The van der Waals surface area contributed by atoms with Gasteiger partial charge in [0, 0.05) is 17.8 Å². The number of esters is 1.